The number of rotatable bonds is 6. The molecule has 3 nitrogen and oxygen atoms in total. The minimum Gasteiger partial charge on any atom is -0.385 e. The summed E-state index contributed by atoms with van der Waals surface area (Å²) in [5.41, 5.74) is 1.81. The van der Waals surface area contributed by atoms with Gasteiger partial charge in [0.15, 0.2) is 0 Å². The second kappa shape index (κ2) is 7.93. The maximum atomic E-state index is 12.0. The molecule has 1 aliphatic carbocycles. The predicted octanol–water partition coefficient (Wildman–Crippen LogP) is 3.82. The third-order valence-corrected chi connectivity index (χ3v) is 4.09. The van der Waals surface area contributed by atoms with E-state index >= 15 is 0 Å². The van der Waals surface area contributed by atoms with Crippen LogP contribution in [0.25, 0.3) is 0 Å². The van der Waals surface area contributed by atoms with Gasteiger partial charge in [0, 0.05) is 24.3 Å². The fourth-order valence-electron chi connectivity index (χ4n) is 2.91. The smallest absolute Gasteiger partial charge is 0.251 e. The molecule has 1 aromatic rings. The number of nitrogens with one attached hydrogen (secondary N) is 2. The van der Waals surface area contributed by atoms with E-state index in [2.05, 4.69) is 17.6 Å². The molecule has 20 heavy (non-hydrogen) atoms. The Morgan fingerprint density at radius 1 is 1.15 bits per heavy atom. The Morgan fingerprint density at radius 2 is 1.85 bits per heavy atom. The van der Waals surface area contributed by atoms with Crippen molar-refractivity contribution >= 4 is 11.6 Å². The Kier molecular flexibility index (Phi) is 5.90. The van der Waals surface area contributed by atoms with E-state index in [0.717, 1.165) is 36.7 Å². The molecule has 0 radical (unpaired) electrons. The highest BCUT2D eigenvalue weighted by Crippen LogP contribution is 2.25. The molecule has 1 amide bonds. The summed E-state index contributed by atoms with van der Waals surface area (Å²) >= 11 is 0. The molecule has 0 saturated heterocycles. The Bertz CT molecular complexity index is 408. The third-order valence-electron chi connectivity index (χ3n) is 4.09. The summed E-state index contributed by atoms with van der Waals surface area (Å²) in [6.07, 6.45) is 7.93. The van der Waals surface area contributed by atoms with Crippen LogP contribution < -0.4 is 10.6 Å². The Hall–Kier alpha value is -1.51. The van der Waals surface area contributed by atoms with Crippen LogP contribution in [-0.4, -0.2) is 19.0 Å². The average molecular weight is 274 g/mol. The van der Waals surface area contributed by atoms with Gasteiger partial charge in [-0.25, -0.2) is 0 Å². The molecule has 0 atom stereocenters. The molecule has 1 aliphatic rings. The van der Waals surface area contributed by atoms with E-state index in [1.165, 1.54) is 32.1 Å². The number of amides is 1. The first-order chi connectivity index (χ1) is 9.79. The van der Waals surface area contributed by atoms with Gasteiger partial charge in [0.2, 0.25) is 0 Å². The number of hydrogen-bond donors (Lipinski definition) is 2. The maximum Gasteiger partial charge on any atom is 0.251 e. The van der Waals surface area contributed by atoms with Gasteiger partial charge in [-0.1, -0.05) is 32.1 Å². The van der Waals surface area contributed by atoms with Gasteiger partial charge in [-0.3, -0.25) is 4.79 Å². The van der Waals surface area contributed by atoms with Crippen molar-refractivity contribution in [1.82, 2.24) is 5.32 Å². The molecule has 3 heteroatoms. The van der Waals surface area contributed by atoms with Crippen molar-refractivity contribution in [1.29, 1.82) is 0 Å². The summed E-state index contributed by atoms with van der Waals surface area (Å²) < 4.78 is 0. The summed E-state index contributed by atoms with van der Waals surface area (Å²) in [4.78, 5) is 12.0. The predicted molar refractivity (Wildman–Crippen MR) is 84.1 cm³/mol. The molecule has 0 bridgehead atoms. The molecule has 110 valence electrons. The van der Waals surface area contributed by atoms with E-state index in [1.54, 1.807) is 0 Å². The first-order valence-corrected chi connectivity index (χ1v) is 7.91. The summed E-state index contributed by atoms with van der Waals surface area (Å²) in [6.45, 7) is 3.76. The minimum absolute atomic E-state index is 0.0452. The fraction of sp³-hybridized carbons (Fsp3) is 0.588. The van der Waals surface area contributed by atoms with Crippen LogP contribution in [0.2, 0.25) is 0 Å². The zero-order chi connectivity index (χ0) is 14.2. The van der Waals surface area contributed by atoms with Crippen LogP contribution >= 0.6 is 0 Å². The number of carbonyl (C=O) groups is 1. The molecule has 1 fully saturated rings. The van der Waals surface area contributed by atoms with Crippen molar-refractivity contribution in [2.45, 2.75) is 45.4 Å². The van der Waals surface area contributed by atoms with Crippen molar-refractivity contribution in [3.8, 4) is 0 Å². The molecule has 2 N–H and O–H groups in total. The molecule has 2 rings (SSSR count). The topological polar surface area (TPSA) is 41.1 Å². The number of carbonyl (C=O) groups excluding carboxylic acids is 1. The molecule has 0 aromatic heterocycles. The molecule has 0 spiro atoms. The first-order valence-electron chi connectivity index (χ1n) is 7.91. The highest BCUT2D eigenvalue weighted by Gasteiger charge is 2.13. The molecular formula is C17H26N2O. The molecule has 1 aromatic carbocycles. The summed E-state index contributed by atoms with van der Waals surface area (Å²) in [5, 5.41) is 6.27. The lowest BCUT2D eigenvalue weighted by molar-refractivity contribution is 0.0950. The van der Waals surface area contributed by atoms with Crippen LogP contribution in [0.4, 0.5) is 5.69 Å². The van der Waals surface area contributed by atoms with E-state index in [9.17, 15) is 4.79 Å². The average Bonchev–Trinajstić information content (AvgIpc) is 2.49. The summed E-state index contributed by atoms with van der Waals surface area (Å²) in [5.74, 6) is 0.865. The third kappa shape index (κ3) is 4.55. The van der Waals surface area contributed by atoms with Gasteiger partial charge in [-0.2, -0.15) is 0 Å². The summed E-state index contributed by atoms with van der Waals surface area (Å²) in [6, 6.07) is 7.68. The van der Waals surface area contributed by atoms with Gasteiger partial charge < -0.3 is 10.6 Å². The van der Waals surface area contributed by atoms with Crippen LogP contribution in [-0.2, 0) is 0 Å². The van der Waals surface area contributed by atoms with Crippen LogP contribution in [0.15, 0.2) is 24.3 Å². The van der Waals surface area contributed by atoms with Crippen molar-refractivity contribution in [2.75, 3.05) is 18.4 Å². The van der Waals surface area contributed by atoms with Crippen LogP contribution in [0.3, 0.4) is 0 Å². The molecule has 0 aliphatic heterocycles. The van der Waals surface area contributed by atoms with Crippen molar-refractivity contribution in [2.24, 2.45) is 5.92 Å². The van der Waals surface area contributed by atoms with Crippen molar-refractivity contribution < 1.29 is 4.79 Å². The molecule has 0 unspecified atom stereocenters. The zero-order valence-corrected chi connectivity index (χ0v) is 12.5. The monoisotopic (exact) mass is 274 g/mol. The van der Waals surface area contributed by atoms with Crippen LogP contribution in [0.5, 0.6) is 0 Å². The van der Waals surface area contributed by atoms with Gasteiger partial charge >= 0.3 is 0 Å². The first kappa shape index (κ1) is 14.9. The van der Waals surface area contributed by atoms with E-state index in [0.29, 0.717) is 0 Å². The quantitative estimate of drug-likeness (QED) is 0.828. The van der Waals surface area contributed by atoms with Crippen LogP contribution in [0, 0.1) is 5.92 Å². The minimum atomic E-state index is 0.0452. The van der Waals surface area contributed by atoms with E-state index < -0.39 is 0 Å². The second-order valence-electron chi connectivity index (χ2n) is 5.66. The number of anilines is 1. The number of hydrogen-bond acceptors (Lipinski definition) is 2. The summed E-state index contributed by atoms with van der Waals surface area (Å²) in [7, 11) is 0. The van der Waals surface area contributed by atoms with Crippen LogP contribution in [0.1, 0.15) is 55.8 Å². The van der Waals surface area contributed by atoms with Gasteiger partial charge in [0.25, 0.3) is 5.91 Å². The Balaban J connectivity index is 1.73. The lowest BCUT2D eigenvalue weighted by atomic mass is 9.87. The Labute approximate surface area is 122 Å². The lowest BCUT2D eigenvalue weighted by Crippen LogP contribution is -2.26. The SMILES string of the molecule is CCNc1ccc(C(=O)NCCC2CCCCC2)cc1. The Morgan fingerprint density at radius 3 is 2.50 bits per heavy atom. The second-order valence-corrected chi connectivity index (χ2v) is 5.66. The normalized spacial score (nSPS) is 15.8. The standard InChI is InChI=1S/C17H26N2O/c1-2-18-16-10-8-15(9-11-16)17(20)19-13-12-14-6-4-3-5-7-14/h8-11,14,18H,2-7,12-13H2,1H3,(H,19,20). The van der Waals surface area contributed by atoms with E-state index in [4.69, 9.17) is 0 Å². The molecule has 1 saturated carbocycles. The van der Waals surface area contributed by atoms with E-state index in [1.807, 2.05) is 24.3 Å². The van der Waals surface area contributed by atoms with Gasteiger partial charge in [0.1, 0.15) is 0 Å². The highest BCUT2D eigenvalue weighted by atomic mass is 16.1. The van der Waals surface area contributed by atoms with Gasteiger partial charge in [0.05, 0.1) is 0 Å². The molecular weight excluding hydrogens is 248 g/mol. The van der Waals surface area contributed by atoms with Crippen molar-refractivity contribution in [3.63, 3.8) is 0 Å². The fourth-order valence-corrected chi connectivity index (χ4v) is 2.91. The maximum absolute atomic E-state index is 12.0. The zero-order valence-electron chi connectivity index (χ0n) is 12.5. The molecule has 0 heterocycles. The van der Waals surface area contributed by atoms with Gasteiger partial charge in [-0.15, -0.1) is 0 Å². The van der Waals surface area contributed by atoms with Crippen molar-refractivity contribution in [3.05, 3.63) is 29.8 Å². The lowest BCUT2D eigenvalue weighted by Gasteiger charge is -2.21. The van der Waals surface area contributed by atoms with E-state index in [-0.39, 0.29) is 5.91 Å². The highest BCUT2D eigenvalue weighted by molar-refractivity contribution is 5.94. The van der Waals surface area contributed by atoms with Gasteiger partial charge in [-0.05, 0) is 43.5 Å². The largest absolute Gasteiger partial charge is 0.385 e. The number of benzene rings is 1.